The van der Waals surface area contributed by atoms with Crippen molar-refractivity contribution < 1.29 is 14.3 Å². The van der Waals surface area contributed by atoms with Crippen molar-refractivity contribution in [3.63, 3.8) is 0 Å². The molecule has 0 aliphatic carbocycles. The highest BCUT2D eigenvalue weighted by Gasteiger charge is 2.19. The number of methoxy groups -OCH3 is 1. The van der Waals surface area contributed by atoms with Crippen molar-refractivity contribution in [2.75, 3.05) is 7.11 Å². The Balaban J connectivity index is 2.15. The fourth-order valence-corrected chi connectivity index (χ4v) is 2.34. The third kappa shape index (κ3) is 3.90. The first-order valence-corrected chi connectivity index (χ1v) is 7.07. The van der Waals surface area contributed by atoms with Gasteiger partial charge in [-0.15, -0.1) is 0 Å². The van der Waals surface area contributed by atoms with E-state index in [1.165, 1.54) is 6.07 Å². The molecular weight excluding hydrogens is 311 g/mol. The van der Waals surface area contributed by atoms with E-state index in [9.17, 15) is 4.79 Å². The molecule has 1 atom stereocenters. The number of Topliss-reactive ketones (excluding diaryl/α,β-unsaturated/α-hetero) is 1. The number of halogens is 2. The van der Waals surface area contributed by atoms with Crippen molar-refractivity contribution in [1.29, 1.82) is 0 Å². The minimum atomic E-state index is -0.671. The van der Waals surface area contributed by atoms with Crippen LogP contribution in [0, 0.1) is 0 Å². The quantitative estimate of drug-likeness (QED) is 0.751. The van der Waals surface area contributed by atoms with Crippen molar-refractivity contribution in [3.05, 3.63) is 58.1 Å². The molecule has 2 aromatic carbocycles. The maximum atomic E-state index is 12.4. The van der Waals surface area contributed by atoms with E-state index in [4.69, 9.17) is 32.7 Å². The van der Waals surface area contributed by atoms with Gasteiger partial charge in [0, 0.05) is 16.7 Å². The second kappa shape index (κ2) is 6.83. The van der Waals surface area contributed by atoms with Gasteiger partial charge in [-0.05, 0) is 37.3 Å². The normalized spacial score (nSPS) is 11.8. The van der Waals surface area contributed by atoms with Gasteiger partial charge in [0.2, 0.25) is 5.78 Å². The fourth-order valence-electron chi connectivity index (χ4n) is 1.84. The first kappa shape index (κ1) is 15.7. The van der Waals surface area contributed by atoms with Crippen LogP contribution in [0.4, 0.5) is 0 Å². The smallest absolute Gasteiger partial charge is 0.204 e. The molecule has 0 bridgehead atoms. The molecule has 0 spiro atoms. The van der Waals surface area contributed by atoms with Crippen molar-refractivity contribution in [1.82, 2.24) is 0 Å². The molecule has 0 N–H and O–H groups in total. The second-order valence-electron chi connectivity index (χ2n) is 4.43. The number of benzene rings is 2. The Kier molecular flexibility index (Phi) is 5.10. The van der Waals surface area contributed by atoms with Gasteiger partial charge in [0.15, 0.2) is 6.10 Å². The summed E-state index contributed by atoms with van der Waals surface area (Å²) in [4.78, 5) is 12.4. The maximum Gasteiger partial charge on any atom is 0.204 e. The van der Waals surface area contributed by atoms with E-state index in [1.54, 1.807) is 50.4 Å². The number of ketones is 1. The molecule has 2 aromatic rings. The number of rotatable bonds is 5. The fraction of sp³-hybridized carbons (Fsp3) is 0.188. The molecule has 110 valence electrons. The first-order chi connectivity index (χ1) is 10.0. The van der Waals surface area contributed by atoms with E-state index >= 15 is 0 Å². The van der Waals surface area contributed by atoms with Gasteiger partial charge >= 0.3 is 0 Å². The van der Waals surface area contributed by atoms with E-state index in [-0.39, 0.29) is 5.78 Å². The minimum Gasteiger partial charge on any atom is -0.497 e. The summed E-state index contributed by atoms with van der Waals surface area (Å²) in [6, 6.07) is 11.8. The molecule has 3 nitrogen and oxygen atoms in total. The first-order valence-electron chi connectivity index (χ1n) is 6.31. The lowest BCUT2D eigenvalue weighted by Gasteiger charge is -2.15. The maximum absolute atomic E-state index is 12.4. The highest BCUT2D eigenvalue weighted by Crippen LogP contribution is 2.24. The van der Waals surface area contributed by atoms with Gasteiger partial charge in [0.05, 0.1) is 12.1 Å². The van der Waals surface area contributed by atoms with E-state index in [0.717, 1.165) is 0 Å². The molecule has 1 unspecified atom stereocenters. The van der Waals surface area contributed by atoms with Crippen molar-refractivity contribution in [3.8, 4) is 11.5 Å². The van der Waals surface area contributed by atoms with Crippen LogP contribution < -0.4 is 9.47 Å². The lowest BCUT2D eigenvalue weighted by molar-refractivity contribution is 0.0818. The summed E-state index contributed by atoms with van der Waals surface area (Å²) in [5.41, 5.74) is 0.386. The van der Waals surface area contributed by atoms with Crippen LogP contribution in [0.3, 0.4) is 0 Å². The van der Waals surface area contributed by atoms with Gasteiger partial charge in [0.25, 0.3) is 0 Å². The van der Waals surface area contributed by atoms with Crippen LogP contribution in [0.1, 0.15) is 17.3 Å². The molecule has 21 heavy (non-hydrogen) atoms. The number of hydrogen-bond donors (Lipinski definition) is 0. The molecule has 2 rings (SSSR count). The highest BCUT2D eigenvalue weighted by atomic mass is 35.5. The summed E-state index contributed by atoms with van der Waals surface area (Å²) in [6.07, 6.45) is -0.671. The predicted octanol–water partition coefficient (Wildman–Crippen LogP) is 4.65. The number of ether oxygens (including phenoxy) is 2. The molecule has 0 aliphatic heterocycles. The topological polar surface area (TPSA) is 35.5 Å². The SMILES string of the molecule is COc1cccc(OC(C)C(=O)c2ccc(Cl)cc2Cl)c1. The Morgan fingerprint density at radius 2 is 1.81 bits per heavy atom. The van der Waals surface area contributed by atoms with Crippen LogP contribution in [-0.2, 0) is 0 Å². The molecule has 0 fully saturated rings. The average Bonchev–Trinajstić information content (AvgIpc) is 2.46. The standard InChI is InChI=1S/C16H14Cl2O3/c1-10(21-13-5-3-4-12(9-13)20-2)16(19)14-7-6-11(17)8-15(14)18/h3-10H,1-2H3. The number of hydrogen-bond acceptors (Lipinski definition) is 3. The van der Waals surface area contributed by atoms with Crippen LogP contribution >= 0.6 is 23.2 Å². The number of carbonyl (C=O) groups is 1. The Bertz CT molecular complexity index is 656. The molecule has 0 heterocycles. The van der Waals surface area contributed by atoms with Crippen LogP contribution in [0.15, 0.2) is 42.5 Å². The highest BCUT2D eigenvalue weighted by molar-refractivity contribution is 6.37. The summed E-state index contributed by atoms with van der Waals surface area (Å²) in [5, 5.41) is 0.798. The van der Waals surface area contributed by atoms with Gasteiger partial charge in [-0.2, -0.15) is 0 Å². The van der Waals surface area contributed by atoms with Crippen LogP contribution in [-0.4, -0.2) is 19.0 Å². The molecule has 0 saturated heterocycles. The molecular formula is C16H14Cl2O3. The molecule has 5 heteroatoms. The van der Waals surface area contributed by atoms with Gasteiger partial charge < -0.3 is 9.47 Å². The lowest BCUT2D eigenvalue weighted by atomic mass is 10.1. The minimum absolute atomic E-state index is 0.209. The van der Waals surface area contributed by atoms with E-state index in [0.29, 0.717) is 27.1 Å². The van der Waals surface area contributed by atoms with Crippen molar-refractivity contribution in [2.45, 2.75) is 13.0 Å². The monoisotopic (exact) mass is 324 g/mol. The molecule has 0 radical (unpaired) electrons. The predicted molar refractivity (Wildman–Crippen MR) is 83.9 cm³/mol. The summed E-state index contributed by atoms with van der Waals surface area (Å²) in [5.74, 6) is 1.01. The molecule has 0 saturated carbocycles. The summed E-state index contributed by atoms with van der Waals surface area (Å²) in [6.45, 7) is 1.67. The largest absolute Gasteiger partial charge is 0.497 e. The van der Waals surface area contributed by atoms with Crippen LogP contribution in [0.2, 0.25) is 10.0 Å². The average molecular weight is 325 g/mol. The molecule has 0 amide bonds. The Morgan fingerprint density at radius 1 is 1.10 bits per heavy atom. The third-order valence-electron chi connectivity index (χ3n) is 2.92. The van der Waals surface area contributed by atoms with Crippen molar-refractivity contribution >= 4 is 29.0 Å². The van der Waals surface area contributed by atoms with E-state index in [2.05, 4.69) is 0 Å². The van der Waals surface area contributed by atoms with Gasteiger partial charge in [-0.25, -0.2) is 0 Å². The zero-order valence-electron chi connectivity index (χ0n) is 11.6. The molecule has 0 aliphatic rings. The zero-order chi connectivity index (χ0) is 15.4. The lowest BCUT2D eigenvalue weighted by Crippen LogP contribution is -2.24. The van der Waals surface area contributed by atoms with Gasteiger partial charge in [-0.1, -0.05) is 29.3 Å². The van der Waals surface area contributed by atoms with Gasteiger partial charge in [-0.3, -0.25) is 4.79 Å². The number of carbonyl (C=O) groups excluding carboxylic acids is 1. The summed E-state index contributed by atoms with van der Waals surface area (Å²) < 4.78 is 10.8. The van der Waals surface area contributed by atoms with E-state index in [1.807, 2.05) is 0 Å². The summed E-state index contributed by atoms with van der Waals surface area (Å²) >= 11 is 11.9. The Morgan fingerprint density at radius 3 is 2.48 bits per heavy atom. The Labute approximate surface area is 133 Å². The van der Waals surface area contributed by atoms with Gasteiger partial charge in [0.1, 0.15) is 11.5 Å². The second-order valence-corrected chi connectivity index (χ2v) is 5.27. The van der Waals surface area contributed by atoms with E-state index < -0.39 is 6.10 Å². The summed E-state index contributed by atoms with van der Waals surface area (Å²) in [7, 11) is 1.57. The third-order valence-corrected chi connectivity index (χ3v) is 3.47. The van der Waals surface area contributed by atoms with Crippen LogP contribution in [0.5, 0.6) is 11.5 Å². The molecule has 0 aromatic heterocycles. The zero-order valence-corrected chi connectivity index (χ0v) is 13.1. The van der Waals surface area contributed by atoms with Crippen LogP contribution in [0.25, 0.3) is 0 Å². The Hall–Kier alpha value is -1.71. The van der Waals surface area contributed by atoms with Crippen molar-refractivity contribution in [2.24, 2.45) is 0 Å².